The molecule has 3 aromatic carbocycles. The molecule has 33 heavy (non-hydrogen) atoms. The summed E-state index contributed by atoms with van der Waals surface area (Å²) in [5.41, 5.74) is 3.70. The molecule has 0 radical (unpaired) electrons. The maximum Gasteiger partial charge on any atom is 0.234 e. The second-order valence-corrected chi connectivity index (χ2v) is 8.39. The third-order valence-electron chi connectivity index (χ3n) is 4.91. The summed E-state index contributed by atoms with van der Waals surface area (Å²) in [7, 11) is 0. The number of amides is 1. The molecule has 4 aromatic rings. The van der Waals surface area contributed by atoms with E-state index in [1.807, 2.05) is 66.9 Å². The van der Waals surface area contributed by atoms with Crippen LogP contribution in [0.25, 0.3) is 5.69 Å². The van der Waals surface area contributed by atoms with Gasteiger partial charge >= 0.3 is 0 Å². The Morgan fingerprint density at radius 3 is 2.58 bits per heavy atom. The van der Waals surface area contributed by atoms with Crippen LogP contribution in [0.1, 0.15) is 17.0 Å². The number of thioether (sulfide) groups is 1. The summed E-state index contributed by atoms with van der Waals surface area (Å²) in [6.07, 6.45) is 0. The van der Waals surface area contributed by atoms with Gasteiger partial charge in [0.15, 0.2) is 22.5 Å². The van der Waals surface area contributed by atoms with Gasteiger partial charge in [-0.05, 0) is 55.3 Å². The van der Waals surface area contributed by atoms with Crippen molar-refractivity contribution in [1.29, 1.82) is 0 Å². The number of anilines is 1. The smallest absolute Gasteiger partial charge is 0.234 e. The Bertz CT molecular complexity index is 1260. The number of aromatic nitrogens is 3. The van der Waals surface area contributed by atoms with Crippen molar-refractivity contribution in [2.45, 2.75) is 25.6 Å². The lowest BCUT2D eigenvalue weighted by Crippen LogP contribution is -2.15. The summed E-state index contributed by atoms with van der Waals surface area (Å²) in [4.78, 5) is 12.6. The minimum Gasteiger partial charge on any atom is -0.483 e. The molecule has 1 aromatic heterocycles. The Morgan fingerprint density at radius 1 is 1.03 bits per heavy atom. The molecule has 0 aliphatic heterocycles. The fourth-order valence-corrected chi connectivity index (χ4v) is 3.99. The Labute approximate surface area is 195 Å². The molecular formula is C25H23FN4O2S. The van der Waals surface area contributed by atoms with E-state index in [4.69, 9.17) is 4.74 Å². The Balaban J connectivity index is 1.51. The van der Waals surface area contributed by atoms with Crippen molar-refractivity contribution in [2.24, 2.45) is 0 Å². The molecule has 0 unspecified atom stereocenters. The summed E-state index contributed by atoms with van der Waals surface area (Å²) in [5, 5.41) is 12.0. The van der Waals surface area contributed by atoms with Crippen LogP contribution in [0.15, 0.2) is 78.0 Å². The van der Waals surface area contributed by atoms with Gasteiger partial charge in [-0.3, -0.25) is 9.36 Å². The average molecular weight is 463 g/mol. The van der Waals surface area contributed by atoms with E-state index >= 15 is 0 Å². The van der Waals surface area contributed by atoms with E-state index in [1.54, 1.807) is 18.2 Å². The van der Waals surface area contributed by atoms with Gasteiger partial charge in [0.25, 0.3) is 0 Å². The van der Waals surface area contributed by atoms with Gasteiger partial charge in [0, 0.05) is 11.4 Å². The van der Waals surface area contributed by atoms with Crippen LogP contribution < -0.4 is 10.1 Å². The zero-order valence-electron chi connectivity index (χ0n) is 18.3. The lowest BCUT2D eigenvalue weighted by Gasteiger charge is -2.12. The van der Waals surface area contributed by atoms with Gasteiger partial charge in [-0.1, -0.05) is 54.2 Å². The topological polar surface area (TPSA) is 69.0 Å². The lowest BCUT2D eigenvalue weighted by atomic mass is 10.1. The first kappa shape index (κ1) is 22.5. The Hall–Kier alpha value is -3.65. The maximum atomic E-state index is 13.9. The molecule has 6 nitrogen and oxygen atoms in total. The van der Waals surface area contributed by atoms with Gasteiger partial charge in [0.2, 0.25) is 5.91 Å². The third kappa shape index (κ3) is 5.59. The van der Waals surface area contributed by atoms with Gasteiger partial charge in [-0.2, -0.15) is 0 Å². The van der Waals surface area contributed by atoms with E-state index in [0.717, 1.165) is 22.5 Å². The first-order valence-corrected chi connectivity index (χ1v) is 11.4. The van der Waals surface area contributed by atoms with Crippen LogP contribution in [0.3, 0.4) is 0 Å². The summed E-state index contributed by atoms with van der Waals surface area (Å²) >= 11 is 1.27. The lowest BCUT2D eigenvalue weighted by molar-refractivity contribution is -0.113. The molecule has 0 atom stereocenters. The molecule has 0 fully saturated rings. The van der Waals surface area contributed by atoms with Gasteiger partial charge in [-0.25, -0.2) is 4.39 Å². The van der Waals surface area contributed by atoms with Gasteiger partial charge in [-0.15, -0.1) is 10.2 Å². The number of nitrogens with zero attached hydrogens (tertiary/aromatic N) is 3. The zero-order chi connectivity index (χ0) is 23.2. The highest BCUT2D eigenvalue weighted by molar-refractivity contribution is 7.99. The van der Waals surface area contributed by atoms with E-state index in [-0.39, 0.29) is 24.0 Å². The first-order valence-electron chi connectivity index (χ1n) is 10.4. The standard InChI is InChI=1S/C25H23FN4O2S/c1-17-12-13-18(2)21(14-17)27-24(31)16-33-25-29-28-23(30(25)19-8-4-3-5-9-19)15-32-22-11-7-6-10-20(22)26/h3-14H,15-16H2,1-2H3,(H,27,31). The third-order valence-corrected chi connectivity index (χ3v) is 5.84. The number of hydrogen-bond donors (Lipinski definition) is 1. The molecule has 0 bridgehead atoms. The molecule has 0 saturated heterocycles. The number of rotatable bonds is 8. The van der Waals surface area contributed by atoms with E-state index < -0.39 is 5.82 Å². The quantitative estimate of drug-likeness (QED) is 0.358. The van der Waals surface area contributed by atoms with Gasteiger partial charge < -0.3 is 10.1 Å². The number of carbonyl (C=O) groups is 1. The number of carbonyl (C=O) groups excluding carboxylic acids is 1. The van der Waals surface area contributed by atoms with Crippen molar-refractivity contribution >= 4 is 23.4 Å². The van der Waals surface area contributed by atoms with Gasteiger partial charge in [0.1, 0.15) is 6.61 Å². The van der Waals surface area contributed by atoms with E-state index in [1.165, 1.54) is 17.8 Å². The monoisotopic (exact) mass is 462 g/mol. The van der Waals surface area contributed by atoms with Crippen LogP contribution in [0.5, 0.6) is 5.75 Å². The average Bonchev–Trinajstić information content (AvgIpc) is 3.23. The second-order valence-electron chi connectivity index (χ2n) is 7.44. The summed E-state index contributed by atoms with van der Waals surface area (Å²) in [6, 6.07) is 21.7. The molecular weight excluding hydrogens is 439 g/mol. The number of benzene rings is 3. The van der Waals surface area contributed by atoms with E-state index in [0.29, 0.717) is 11.0 Å². The molecule has 0 aliphatic carbocycles. The van der Waals surface area contributed by atoms with Crippen LogP contribution in [0.2, 0.25) is 0 Å². The van der Waals surface area contributed by atoms with Crippen molar-refractivity contribution in [3.05, 3.63) is 95.6 Å². The summed E-state index contributed by atoms with van der Waals surface area (Å²) in [5.74, 6) is 0.220. The minimum atomic E-state index is -0.444. The highest BCUT2D eigenvalue weighted by atomic mass is 32.2. The van der Waals surface area contributed by atoms with Crippen LogP contribution in [-0.4, -0.2) is 26.4 Å². The molecule has 1 N–H and O–H groups in total. The van der Waals surface area contributed by atoms with Crippen LogP contribution in [-0.2, 0) is 11.4 Å². The SMILES string of the molecule is Cc1ccc(C)c(NC(=O)CSc2nnc(COc3ccccc3F)n2-c2ccccc2)c1. The van der Waals surface area contributed by atoms with Crippen molar-refractivity contribution in [3.63, 3.8) is 0 Å². The predicted molar refractivity (Wildman–Crippen MR) is 127 cm³/mol. The minimum absolute atomic E-state index is 0.0259. The van der Waals surface area contributed by atoms with E-state index in [2.05, 4.69) is 15.5 Å². The zero-order valence-corrected chi connectivity index (χ0v) is 19.1. The van der Waals surface area contributed by atoms with Crippen LogP contribution in [0.4, 0.5) is 10.1 Å². The number of hydrogen-bond acceptors (Lipinski definition) is 5. The van der Waals surface area contributed by atoms with Crippen molar-refractivity contribution in [2.75, 3.05) is 11.1 Å². The number of nitrogens with one attached hydrogen (secondary N) is 1. The Kier molecular flexibility index (Phi) is 7.04. The second kappa shape index (κ2) is 10.3. The number of ether oxygens (including phenoxy) is 1. The largest absolute Gasteiger partial charge is 0.483 e. The molecule has 0 aliphatic rings. The number of para-hydroxylation sites is 2. The summed E-state index contributed by atoms with van der Waals surface area (Å²) < 4.78 is 21.4. The van der Waals surface area contributed by atoms with Crippen molar-refractivity contribution < 1.29 is 13.9 Å². The molecule has 4 rings (SSSR count). The fraction of sp³-hybridized carbons (Fsp3) is 0.160. The highest BCUT2D eigenvalue weighted by Gasteiger charge is 2.17. The molecule has 8 heteroatoms. The predicted octanol–water partition coefficient (Wildman–Crippen LogP) is 5.33. The molecule has 1 amide bonds. The van der Waals surface area contributed by atoms with Crippen LogP contribution >= 0.6 is 11.8 Å². The molecule has 0 spiro atoms. The fourth-order valence-electron chi connectivity index (χ4n) is 3.21. The molecule has 1 heterocycles. The maximum absolute atomic E-state index is 13.9. The number of halogens is 1. The Morgan fingerprint density at radius 2 is 1.79 bits per heavy atom. The van der Waals surface area contributed by atoms with Gasteiger partial charge in [0.05, 0.1) is 5.75 Å². The molecule has 168 valence electrons. The highest BCUT2D eigenvalue weighted by Crippen LogP contribution is 2.24. The van der Waals surface area contributed by atoms with E-state index in [9.17, 15) is 9.18 Å². The number of aryl methyl sites for hydroxylation is 2. The molecule has 0 saturated carbocycles. The van der Waals surface area contributed by atoms with Crippen molar-refractivity contribution in [1.82, 2.24) is 14.8 Å². The van der Waals surface area contributed by atoms with Crippen LogP contribution in [0, 0.1) is 19.7 Å². The normalized spacial score (nSPS) is 10.8. The van der Waals surface area contributed by atoms with Crippen molar-refractivity contribution in [3.8, 4) is 11.4 Å². The summed E-state index contributed by atoms with van der Waals surface area (Å²) in [6.45, 7) is 3.96. The first-order chi connectivity index (χ1) is 16.0.